The zero-order chi connectivity index (χ0) is 21.5. The van der Waals surface area contributed by atoms with E-state index in [1.807, 2.05) is 31.2 Å². The first-order chi connectivity index (χ1) is 14.5. The molecule has 0 bridgehead atoms. The molecule has 0 atom stereocenters. The predicted molar refractivity (Wildman–Crippen MR) is 123 cm³/mol. The van der Waals surface area contributed by atoms with Crippen molar-refractivity contribution < 1.29 is 9.47 Å². The molecule has 2 aromatic carbocycles. The molecule has 0 spiro atoms. The van der Waals surface area contributed by atoms with Crippen molar-refractivity contribution in [1.82, 2.24) is 14.9 Å². The van der Waals surface area contributed by atoms with Gasteiger partial charge in [0.05, 0.1) is 13.2 Å². The Kier molecular flexibility index (Phi) is 8.01. The maximum atomic E-state index is 6.30. The van der Waals surface area contributed by atoms with Crippen molar-refractivity contribution in [3.05, 3.63) is 68.2 Å². The van der Waals surface area contributed by atoms with E-state index in [0.717, 1.165) is 29.8 Å². The number of hydrogen-bond donors (Lipinski definition) is 2. The van der Waals surface area contributed by atoms with Crippen LogP contribution >= 0.6 is 35.4 Å². The third kappa shape index (κ3) is 5.47. The number of nitrogens with zero attached hydrogens (tertiary/aromatic N) is 2. The van der Waals surface area contributed by atoms with Gasteiger partial charge < -0.3 is 14.9 Å². The van der Waals surface area contributed by atoms with Gasteiger partial charge in [-0.15, -0.1) is 0 Å². The third-order valence-electron chi connectivity index (χ3n) is 4.39. The number of para-hydroxylation sites is 1. The molecule has 0 radical (unpaired) electrons. The summed E-state index contributed by atoms with van der Waals surface area (Å²) >= 11 is 17.6. The minimum atomic E-state index is 0.291. The first-order valence-corrected chi connectivity index (χ1v) is 10.9. The number of ether oxygens (including phenoxy) is 2. The van der Waals surface area contributed by atoms with Gasteiger partial charge in [-0.05, 0) is 43.8 Å². The van der Waals surface area contributed by atoms with E-state index in [9.17, 15) is 0 Å². The van der Waals surface area contributed by atoms with Crippen molar-refractivity contribution in [2.45, 2.75) is 39.8 Å². The average Bonchev–Trinajstić information content (AvgIpc) is 3.06. The van der Waals surface area contributed by atoms with Crippen LogP contribution in [0.25, 0.3) is 0 Å². The summed E-state index contributed by atoms with van der Waals surface area (Å²) in [6, 6.07) is 11.2. The summed E-state index contributed by atoms with van der Waals surface area (Å²) in [5.74, 6) is 2.19. The fourth-order valence-corrected chi connectivity index (χ4v) is 3.65. The van der Waals surface area contributed by atoms with Gasteiger partial charge in [-0.3, -0.25) is 5.10 Å². The molecule has 30 heavy (non-hydrogen) atoms. The number of aryl methyl sites for hydroxylation is 1. The van der Waals surface area contributed by atoms with Crippen LogP contribution in [0.2, 0.25) is 10.0 Å². The van der Waals surface area contributed by atoms with Gasteiger partial charge in [0.25, 0.3) is 0 Å². The number of hydrogen-bond acceptors (Lipinski definition) is 5. The Balaban J connectivity index is 1.83. The van der Waals surface area contributed by atoms with E-state index in [1.54, 1.807) is 16.8 Å². The Morgan fingerprint density at radius 3 is 2.70 bits per heavy atom. The number of aromatic amines is 1. The van der Waals surface area contributed by atoms with Crippen LogP contribution in [0.3, 0.4) is 0 Å². The Bertz CT molecular complexity index is 1050. The smallest absolute Gasteiger partial charge is 0.214 e. The van der Waals surface area contributed by atoms with Crippen LogP contribution in [0, 0.1) is 4.77 Å². The van der Waals surface area contributed by atoms with Crippen LogP contribution in [0.1, 0.15) is 37.2 Å². The minimum absolute atomic E-state index is 0.291. The number of aromatic nitrogens is 3. The van der Waals surface area contributed by atoms with Gasteiger partial charge in [0.2, 0.25) is 4.77 Å². The van der Waals surface area contributed by atoms with Crippen molar-refractivity contribution in [3.8, 4) is 11.5 Å². The van der Waals surface area contributed by atoms with E-state index in [1.165, 1.54) is 0 Å². The summed E-state index contributed by atoms with van der Waals surface area (Å²) in [6.07, 6.45) is 1.79. The first kappa shape index (κ1) is 22.5. The van der Waals surface area contributed by atoms with Crippen LogP contribution in [0.15, 0.2) is 36.4 Å². The number of nitrogens with one attached hydrogen (secondary N) is 2. The third-order valence-corrected chi connectivity index (χ3v) is 5.25. The highest BCUT2D eigenvalue weighted by Crippen LogP contribution is 2.33. The predicted octanol–water partition coefficient (Wildman–Crippen LogP) is 5.92. The van der Waals surface area contributed by atoms with Gasteiger partial charge in [-0.2, -0.15) is 5.10 Å². The second-order valence-corrected chi connectivity index (χ2v) is 7.80. The van der Waals surface area contributed by atoms with Crippen LogP contribution < -0.4 is 14.9 Å². The lowest BCUT2D eigenvalue weighted by Crippen LogP contribution is -2.18. The molecule has 1 aromatic heterocycles. The Hall–Kier alpha value is -2.22. The van der Waals surface area contributed by atoms with Crippen molar-refractivity contribution in [1.29, 1.82) is 0 Å². The molecule has 0 aliphatic heterocycles. The van der Waals surface area contributed by atoms with Crippen LogP contribution in [0.5, 0.6) is 11.5 Å². The highest BCUT2D eigenvalue weighted by Gasteiger charge is 2.14. The molecule has 0 saturated heterocycles. The summed E-state index contributed by atoms with van der Waals surface area (Å²) in [5.41, 5.74) is 5.10. The molecule has 0 amide bonds. The fourth-order valence-electron chi connectivity index (χ4n) is 2.97. The maximum Gasteiger partial charge on any atom is 0.214 e. The molecule has 3 rings (SSSR count). The van der Waals surface area contributed by atoms with Gasteiger partial charge in [0.15, 0.2) is 17.3 Å². The van der Waals surface area contributed by atoms with Gasteiger partial charge in [0.1, 0.15) is 6.61 Å². The Morgan fingerprint density at radius 1 is 1.13 bits per heavy atom. The zero-order valence-electron chi connectivity index (χ0n) is 16.9. The van der Waals surface area contributed by atoms with Crippen molar-refractivity contribution in [3.63, 3.8) is 0 Å². The molecule has 6 nitrogen and oxygen atoms in total. The largest absolute Gasteiger partial charge is 0.490 e. The quantitative estimate of drug-likeness (QED) is 0.363. The van der Waals surface area contributed by atoms with Crippen LogP contribution in [-0.2, 0) is 19.6 Å². The normalized spacial score (nSPS) is 10.8. The lowest BCUT2D eigenvalue weighted by Gasteiger charge is -2.18. The lowest BCUT2D eigenvalue weighted by molar-refractivity contribution is 0.267. The molecule has 3 aromatic rings. The standard InChI is InChI=1S/C21H24Cl2N4O2S/c1-3-6-19-25-26-21(30)27(19)24-12-14-7-5-8-18(28-4-2)20(14)29-13-15-9-10-16(22)11-17(15)23/h5,7-11,24H,3-4,6,12-13H2,1-2H3,(H,26,30). The maximum absolute atomic E-state index is 6.30. The van der Waals surface area contributed by atoms with E-state index < -0.39 is 0 Å². The minimum Gasteiger partial charge on any atom is -0.490 e. The topological polar surface area (TPSA) is 64.1 Å². The van der Waals surface area contributed by atoms with Gasteiger partial charge in [-0.25, -0.2) is 4.68 Å². The Morgan fingerprint density at radius 2 is 1.97 bits per heavy atom. The molecular formula is C21H24Cl2N4O2S. The second kappa shape index (κ2) is 10.7. The molecule has 0 fully saturated rings. The molecule has 0 aliphatic rings. The summed E-state index contributed by atoms with van der Waals surface area (Å²) in [4.78, 5) is 0. The molecule has 9 heteroatoms. The molecule has 160 valence electrons. The first-order valence-electron chi connectivity index (χ1n) is 9.75. The summed E-state index contributed by atoms with van der Waals surface area (Å²) in [7, 11) is 0. The number of rotatable bonds is 10. The average molecular weight is 467 g/mol. The van der Waals surface area contributed by atoms with Crippen molar-refractivity contribution >= 4 is 35.4 Å². The van der Waals surface area contributed by atoms with E-state index in [2.05, 4.69) is 22.5 Å². The SMILES string of the molecule is CCCc1n[nH]c(=S)n1NCc1cccc(OCC)c1OCc1ccc(Cl)cc1Cl. The van der Waals surface area contributed by atoms with Crippen LogP contribution in [-0.4, -0.2) is 21.5 Å². The van der Waals surface area contributed by atoms with Crippen LogP contribution in [0.4, 0.5) is 0 Å². The summed E-state index contributed by atoms with van der Waals surface area (Å²) in [5, 5.41) is 8.26. The highest BCUT2D eigenvalue weighted by atomic mass is 35.5. The molecule has 1 heterocycles. The van der Waals surface area contributed by atoms with Gasteiger partial charge in [0, 0.05) is 27.6 Å². The molecular weight excluding hydrogens is 443 g/mol. The van der Waals surface area contributed by atoms with Gasteiger partial charge in [-0.1, -0.05) is 48.3 Å². The second-order valence-electron chi connectivity index (χ2n) is 6.57. The fraction of sp³-hybridized carbons (Fsp3) is 0.333. The highest BCUT2D eigenvalue weighted by molar-refractivity contribution is 7.71. The van der Waals surface area contributed by atoms with E-state index >= 15 is 0 Å². The molecule has 0 saturated carbocycles. The number of H-pyrrole nitrogens is 1. The van der Waals surface area contributed by atoms with Crippen molar-refractivity contribution in [2.24, 2.45) is 0 Å². The summed E-state index contributed by atoms with van der Waals surface area (Å²) in [6.45, 7) is 5.34. The molecule has 0 aliphatic carbocycles. The van der Waals surface area contributed by atoms with E-state index in [0.29, 0.717) is 46.1 Å². The summed E-state index contributed by atoms with van der Waals surface area (Å²) < 4.78 is 14.3. The number of halogens is 2. The van der Waals surface area contributed by atoms with Crippen molar-refractivity contribution in [2.75, 3.05) is 12.0 Å². The Labute approximate surface area is 191 Å². The number of benzene rings is 2. The van der Waals surface area contributed by atoms with Gasteiger partial charge >= 0.3 is 0 Å². The van der Waals surface area contributed by atoms with E-state index in [-0.39, 0.29) is 0 Å². The lowest BCUT2D eigenvalue weighted by atomic mass is 10.2. The molecule has 0 unspecified atom stereocenters. The van der Waals surface area contributed by atoms with E-state index in [4.69, 9.17) is 44.9 Å². The monoisotopic (exact) mass is 466 g/mol. The molecule has 2 N–H and O–H groups in total. The zero-order valence-corrected chi connectivity index (χ0v) is 19.2.